The molecule has 0 aliphatic rings. The molecular weight excluding hydrogens is 428 g/mol. The van der Waals surface area contributed by atoms with Gasteiger partial charge in [0.2, 0.25) is 0 Å². The number of benzene rings is 2. The summed E-state index contributed by atoms with van der Waals surface area (Å²) in [5, 5.41) is 0. The Morgan fingerprint density at radius 1 is 1.10 bits per heavy atom. The van der Waals surface area contributed by atoms with Gasteiger partial charge in [-0.3, -0.25) is 9.59 Å². The molecule has 30 heavy (non-hydrogen) atoms. The molecule has 10 heteroatoms. The lowest BCUT2D eigenvalue weighted by atomic mass is 10.2. The second-order valence-electron chi connectivity index (χ2n) is 6.23. The van der Waals surface area contributed by atoms with Crippen molar-refractivity contribution < 1.29 is 27.5 Å². The van der Waals surface area contributed by atoms with Crippen molar-refractivity contribution in [3.63, 3.8) is 0 Å². The topological polar surface area (TPSA) is 104 Å². The number of carbonyl (C=O) groups excluding carboxylic acids is 2. The van der Waals surface area contributed by atoms with Gasteiger partial charge in [0, 0.05) is 5.56 Å². The summed E-state index contributed by atoms with van der Waals surface area (Å²) in [6.07, 6.45) is 0. The molecule has 0 aliphatic heterocycles. The summed E-state index contributed by atoms with van der Waals surface area (Å²) in [4.78, 5) is 29.2. The molecule has 0 aliphatic carbocycles. The van der Waals surface area contributed by atoms with E-state index in [9.17, 15) is 18.0 Å². The van der Waals surface area contributed by atoms with Crippen LogP contribution in [-0.2, 0) is 25.9 Å². The fourth-order valence-corrected chi connectivity index (χ4v) is 4.68. The second kappa shape index (κ2) is 8.80. The molecule has 3 rings (SSSR count). The van der Waals surface area contributed by atoms with Crippen LogP contribution in [0.4, 0.5) is 0 Å². The van der Waals surface area contributed by atoms with Crippen LogP contribution in [0.3, 0.4) is 0 Å². The number of carbonyl (C=O) groups is 2. The van der Waals surface area contributed by atoms with Crippen molar-refractivity contribution in [1.29, 1.82) is 0 Å². The molecule has 0 N–H and O–H groups in total. The predicted octanol–water partition coefficient (Wildman–Crippen LogP) is 2.42. The number of hydrogen-bond acceptors (Lipinski definition) is 7. The van der Waals surface area contributed by atoms with E-state index in [1.807, 2.05) is 0 Å². The highest BCUT2D eigenvalue weighted by Crippen LogP contribution is 2.23. The highest BCUT2D eigenvalue weighted by molar-refractivity contribution is 7.91. The van der Waals surface area contributed by atoms with Gasteiger partial charge >= 0.3 is 5.97 Å². The van der Waals surface area contributed by atoms with Crippen molar-refractivity contribution >= 4 is 43.3 Å². The largest absolute Gasteiger partial charge is 0.497 e. The van der Waals surface area contributed by atoms with Crippen LogP contribution >= 0.6 is 11.3 Å². The van der Waals surface area contributed by atoms with E-state index in [0.717, 1.165) is 4.70 Å². The first-order valence-corrected chi connectivity index (χ1v) is 11.4. The summed E-state index contributed by atoms with van der Waals surface area (Å²) >= 11 is 1.23. The molecule has 0 saturated carbocycles. The smallest absolute Gasteiger partial charge is 0.325 e. The number of esters is 1. The first kappa shape index (κ1) is 21.7. The van der Waals surface area contributed by atoms with Crippen LogP contribution in [0.2, 0.25) is 0 Å². The lowest BCUT2D eigenvalue weighted by molar-refractivity contribution is -0.141. The molecule has 0 fully saturated rings. The Bertz CT molecular complexity index is 1270. The Morgan fingerprint density at radius 2 is 1.80 bits per heavy atom. The molecular formula is C20H20N2O6S2. The van der Waals surface area contributed by atoms with E-state index < -0.39 is 21.7 Å². The van der Waals surface area contributed by atoms with Gasteiger partial charge in [-0.2, -0.15) is 4.99 Å². The lowest BCUT2D eigenvalue weighted by Crippen LogP contribution is -2.22. The van der Waals surface area contributed by atoms with Gasteiger partial charge in [0.15, 0.2) is 14.6 Å². The number of amides is 1. The van der Waals surface area contributed by atoms with Crippen molar-refractivity contribution in [2.24, 2.45) is 4.99 Å². The lowest BCUT2D eigenvalue weighted by Gasteiger charge is -2.04. The molecule has 158 valence electrons. The van der Waals surface area contributed by atoms with Crippen LogP contribution in [-0.4, -0.2) is 44.8 Å². The van der Waals surface area contributed by atoms with E-state index in [1.165, 1.54) is 42.7 Å². The molecule has 0 unspecified atom stereocenters. The van der Waals surface area contributed by atoms with Crippen LogP contribution in [0.15, 0.2) is 52.4 Å². The Labute approximate surface area is 177 Å². The summed E-state index contributed by atoms with van der Waals surface area (Å²) in [6, 6.07) is 11.0. The molecule has 1 amide bonds. The van der Waals surface area contributed by atoms with Crippen molar-refractivity contribution in [2.45, 2.75) is 18.4 Å². The normalized spacial score (nSPS) is 12.2. The van der Waals surface area contributed by atoms with Crippen LogP contribution < -0.4 is 9.54 Å². The monoisotopic (exact) mass is 448 g/mol. The maximum atomic E-state index is 12.7. The number of sulfone groups is 1. The van der Waals surface area contributed by atoms with Gasteiger partial charge in [-0.15, -0.1) is 0 Å². The maximum absolute atomic E-state index is 12.7. The van der Waals surface area contributed by atoms with E-state index in [0.29, 0.717) is 16.1 Å². The summed E-state index contributed by atoms with van der Waals surface area (Å²) in [5.41, 5.74) is 0.951. The standard InChI is InChI=1S/C20H20N2O6S2/c1-4-30(25,26)15-8-5-13(6-9-15)19(24)21-20-22(12-18(23)28-3)16-10-7-14(27-2)11-17(16)29-20/h5-11H,4,12H2,1-3H3. The van der Waals surface area contributed by atoms with Gasteiger partial charge in [-0.05, 0) is 42.5 Å². The third-order valence-corrected chi connectivity index (χ3v) is 7.23. The molecule has 0 atom stereocenters. The van der Waals surface area contributed by atoms with E-state index in [1.54, 1.807) is 36.8 Å². The number of aromatic nitrogens is 1. The van der Waals surface area contributed by atoms with E-state index in [2.05, 4.69) is 4.99 Å². The molecule has 8 nitrogen and oxygen atoms in total. The molecule has 0 radical (unpaired) electrons. The van der Waals surface area contributed by atoms with E-state index in [-0.39, 0.29) is 22.8 Å². The summed E-state index contributed by atoms with van der Waals surface area (Å²) in [6.45, 7) is 1.45. The van der Waals surface area contributed by atoms with Gasteiger partial charge in [-0.1, -0.05) is 18.3 Å². The zero-order valence-corrected chi connectivity index (χ0v) is 18.2. The average Bonchev–Trinajstić information content (AvgIpc) is 3.09. The first-order chi connectivity index (χ1) is 14.3. The second-order valence-corrected chi connectivity index (χ2v) is 9.51. The number of nitrogens with zero attached hydrogens (tertiary/aromatic N) is 2. The maximum Gasteiger partial charge on any atom is 0.325 e. The van der Waals surface area contributed by atoms with E-state index in [4.69, 9.17) is 9.47 Å². The fraction of sp³-hybridized carbons (Fsp3) is 0.250. The zero-order chi connectivity index (χ0) is 21.9. The van der Waals surface area contributed by atoms with Crippen LogP contribution in [0.5, 0.6) is 5.75 Å². The highest BCUT2D eigenvalue weighted by Gasteiger charge is 2.15. The minimum Gasteiger partial charge on any atom is -0.497 e. The van der Waals surface area contributed by atoms with Gasteiger partial charge in [0.1, 0.15) is 12.3 Å². The summed E-state index contributed by atoms with van der Waals surface area (Å²) in [7, 11) is -0.518. The quantitative estimate of drug-likeness (QED) is 0.537. The molecule has 0 bridgehead atoms. The van der Waals surface area contributed by atoms with Gasteiger partial charge in [0.25, 0.3) is 5.91 Å². The van der Waals surface area contributed by atoms with Gasteiger partial charge in [0.05, 0.1) is 35.1 Å². The highest BCUT2D eigenvalue weighted by atomic mass is 32.2. The van der Waals surface area contributed by atoms with Crippen LogP contribution in [0, 0.1) is 0 Å². The predicted molar refractivity (Wildman–Crippen MR) is 112 cm³/mol. The number of methoxy groups -OCH3 is 2. The van der Waals surface area contributed by atoms with Gasteiger partial charge in [-0.25, -0.2) is 8.42 Å². The number of rotatable bonds is 6. The molecule has 3 aromatic rings. The first-order valence-electron chi connectivity index (χ1n) is 8.95. The number of hydrogen-bond donors (Lipinski definition) is 0. The SMILES string of the molecule is CCS(=O)(=O)c1ccc(C(=O)N=c2sc3cc(OC)ccc3n2CC(=O)OC)cc1. The summed E-state index contributed by atoms with van der Waals surface area (Å²) in [5.74, 6) is -0.413. The minimum absolute atomic E-state index is 0.0244. The summed E-state index contributed by atoms with van der Waals surface area (Å²) < 4.78 is 36.2. The molecule has 0 saturated heterocycles. The van der Waals surface area contributed by atoms with Crippen molar-refractivity contribution in [1.82, 2.24) is 4.57 Å². The van der Waals surface area contributed by atoms with Gasteiger partial charge < -0.3 is 14.0 Å². The molecule has 1 aromatic heterocycles. The Hall–Kier alpha value is -2.98. The van der Waals surface area contributed by atoms with Crippen LogP contribution in [0.25, 0.3) is 10.2 Å². The molecule has 0 spiro atoms. The molecule has 2 aromatic carbocycles. The third kappa shape index (κ3) is 4.44. The van der Waals surface area contributed by atoms with Crippen molar-refractivity contribution in [2.75, 3.05) is 20.0 Å². The number of ether oxygens (including phenoxy) is 2. The average molecular weight is 449 g/mol. The number of fused-ring (bicyclic) bond motifs is 1. The third-order valence-electron chi connectivity index (χ3n) is 4.44. The zero-order valence-electron chi connectivity index (χ0n) is 16.6. The fourth-order valence-electron chi connectivity index (χ4n) is 2.74. The van der Waals surface area contributed by atoms with Crippen LogP contribution in [0.1, 0.15) is 17.3 Å². The van der Waals surface area contributed by atoms with E-state index >= 15 is 0 Å². The van der Waals surface area contributed by atoms with Crippen molar-refractivity contribution in [3.8, 4) is 5.75 Å². The Kier molecular flexibility index (Phi) is 6.37. The Morgan fingerprint density at radius 3 is 2.40 bits per heavy atom. The number of thiazole rings is 1. The minimum atomic E-state index is -3.35. The Balaban J connectivity index is 2.06. The molecule has 1 heterocycles. The van der Waals surface area contributed by atoms with Crippen molar-refractivity contribution in [3.05, 3.63) is 52.8 Å².